The number of nitrogens with zero attached hydrogens (tertiary/aromatic N) is 3. The first-order valence-electron chi connectivity index (χ1n) is 10.7. The molecule has 0 spiro atoms. The monoisotopic (exact) mass is 523 g/mol. The summed E-state index contributed by atoms with van der Waals surface area (Å²) >= 11 is 0. The molecule has 2 aliphatic rings. The Kier molecular flexibility index (Phi) is 12.5. The van der Waals surface area contributed by atoms with E-state index in [1.54, 1.807) is 0 Å². The second-order valence-corrected chi connectivity index (χ2v) is 7.71. The lowest BCUT2D eigenvalue weighted by Gasteiger charge is -2.33. The van der Waals surface area contributed by atoms with Crippen LogP contribution < -0.4 is 11.1 Å². The highest BCUT2D eigenvalue weighted by Crippen LogP contribution is 2.19. The molecule has 0 aromatic heterocycles. The first-order chi connectivity index (χ1) is 13.5. The van der Waals surface area contributed by atoms with Gasteiger partial charge in [-0.05, 0) is 65.1 Å². The number of piperidine rings is 2. The molecule has 0 atom stereocenters. The van der Waals surface area contributed by atoms with E-state index in [0.717, 1.165) is 83.8 Å². The SMILES string of the molecule is CCOC(=O)C1CCN(C(=NC)NCCCCN2CCC(C(N)=O)CC2)CC1.I. The normalized spacial score (nSPS) is 19.5. The second kappa shape index (κ2) is 14.0. The van der Waals surface area contributed by atoms with Crippen molar-refractivity contribution < 1.29 is 14.3 Å². The molecule has 2 saturated heterocycles. The minimum absolute atomic E-state index is 0. The van der Waals surface area contributed by atoms with Crippen molar-refractivity contribution >= 4 is 41.8 Å². The predicted molar refractivity (Wildman–Crippen MR) is 125 cm³/mol. The largest absolute Gasteiger partial charge is 0.466 e. The Morgan fingerprint density at radius 3 is 2.24 bits per heavy atom. The number of carbonyl (C=O) groups excluding carboxylic acids is 2. The quantitative estimate of drug-likeness (QED) is 0.164. The topological polar surface area (TPSA) is 100 Å². The number of nitrogens with two attached hydrogens (primary N) is 1. The van der Waals surface area contributed by atoms with E-state index in [4.69, 9.17) is 10.5 Å². The smallest absolute Gasteiger partial charge is 0.309 e. The van der Waals surface area contributed by atoms with E-state index in [0.29, 0.717) is 6.61 Å². The van der Waals surface area contributed by atoms with Crippen LogP contribution in [0.15, 0.2) is 4.99 Å². The molecular formula is C20H38IN5O3. The summed E-state index contributed by atoms with van der Waals surface area (Å²) in [5.41, 5.74) is 5.39. The molecule has 0 aromatic rings. The Hall–Kier alpha value is -1.10. The molecule has 168 valence electrons. The van der Waals surface area contributed by atoms with Crippen molar-refractivity contribution in [3.05, 3.63) is 0 Å². The van der Waals surface area contributed by atoms with Crippen molar-refractivity contribution in [1.29, 1.82) is 0 Å². The van der Waals surface area contributed by atoms with Crippen LogP contribution in [0.2, 0.25) is 0 Å². The van der Waals surface area contributed by atoms with Gasteiger partial charge in [-0.25, -0.2) is 0 Å². The summed E-state index contributed by atoms with van der Waals surface area (Å²) < 4.78 is 5.13. The molecular weight excluding hydrogens is 485 g/mol. The van der Waals surface area contributed by atoms with E-state index in [9.17, 15) is 9.59 Å². The molecule has 1 amide bonds. The van der Waals surface area contributed by atoms with E-state index in [2.05, 4.69) is 20.1 Å². The van der Waals surface area contributed by atoms with Crippen LogP contribution in [0.3, 0.4) is 0 Å². The predicted octanol–water partition coefficient (Wildman–Crippen LogP) is 1.43. The van der Waals surface area contributed by atoms with Crippen molar-refractivity contribution in [3.63, 3.8) is 0 Å². The Balaban J connectivity index is 0.00000420. The molecule has 0 aliphatic carbocycles. The number of halogens is 1. The van der Waals surface area contributed by atoms with Crippen molar-refractivity contribution in [2.24, 2.45) is 22.6 Å². The zero-order chi connectivity index (χ0) is 20.4. The number of hydrogen-bond donors (Lipinski definition) is 2. The standard InChI is InChI=1S/C20H37N5O3.HI/c1-3-28-19(27)17-8-14-25(15-9-17)20(22-2)23-10-4-5-11-24-12-6-16(7-13-24)18(21)26;/h16-17H,3-15H2,1-2H3,(H2,21,26)(H,22,23);1H. The molecule has 2 fully saturated rings. The lowest BCUT2D eigenvalue weighted by molar-refractivity contribution is -0.149. The van der Waals surface area contributed by atoms with Gasteiger partial charge >= 0.3 is 5.97 Å². The van der Waals surface area contributed by atoms with Crippen LogP contribution in [-0.4, -0.2) is 80.6 Å². The summed E-state index contributed by atoms with van der Waals surface area (Å²) in [4.78, 5) is 32.1. The molecule has 0 saturated carbocycles. The molecule has 0 radical (unpaired) electrons. The van der Waals surface area contributed by atoms with Crippen LogP contribution in [0.25, 0.3) is 0 Å². The highest BCUT2D eigenvalue weighted by Gasteiger charge is 2.27. The summed E-state index contributed by atoms with van der Waals surface area (Å²) in [5.74, 6) is 0.790. The number of aliphatic imine (C=N–C) groups is 1. The Morgan fingerprint density at radius 2 is 1.69 bits per heavy atom. The maximum absolute atomic E-state index is 11.9. The van der Waals surface area contributed by atoms with E-state index < -0.39 is 0 Å². The van der Waals surface area contributed by atoms with Crippen LogP contribution in [0.1, 0.15) is 45.4 Å². The minimum Gasteiger partial charge on any atom is -0.466 e. The van der Waals surface area contributed by atoms with Gasteiger partial charge < -0.3 is 25.6 Å². The van der Waals surface area contributed by atoms with Gasteiger partial charge in [0.2, 0.25) is 5.91 Å². The molecule has 0 aromatic carbocycles. The maximum Gasteiger partial charge on any atom is 0.309 e. The second-order valence-electron chi connectivity index (χ2n) is 7.71. The maximum atomic E-state index is 11.9. The molecule has 2 heterocycles. The fourth-order valence-electron chi connectivity index (χ4n) is 4.02. The number of unbranched alkanes of at least 4 members (excludes halogenated alkanes) is 1. The van der Waals surface area contributed by atoms with Gasteiger partial charge in [-0.15, -0.1) is 24.0 Å². The highest BCUT2D eigenvalue weighted by atomic mass is 127. The molecule has 3 N–H and O–H groups in total. The number of amides is 1. The Morgan fingerprint density at radius 1 is 1.07 bits per heavy atom. The molecule has 9 heteroatoms. The molecule has 0 unspecified atom stereocenters. The summed E-state index contributed by atoms with van der Waals surface area (Å²) in [6.07, 6.45) is 5.62. The van der Waals surface area contributed by atoms with Gasteiger partial charge in [0, 0.05) is 32.6 Å². The third-order valence-corrected chi connectivity index (χ3v) is 5.80. The van der Waals surface area contributed by atoms with Gasteiger partial charge in [-0.2, -0.15) is 0 Å². The average Bonchev–Trinajstić information content (AvgIpc) is 2.71. The Bertz CT molecular complexity index is 530. The van der Waals surface area contributed by atoms with Crippen LogP contribution >= 0.6 is 24.0 Å². The van der Waals surface area contributed by atoms with Crippen LogP contribution in [0.4, 0.5) is 0 Å². The summed E-state index contributed by atoms with van der Waals surface area (Å²) in [6.45, 7) is 7.86. The number of likely N-dealkylation sites (tertiary alicyclic amines) is 2. The molecule has 8 nitrogen and oxygen atoms in total. The number of nitrogens with one attached hydrogen (secondary N) is 1. The van der Waals surface area contributed by atoms with E-state index in [1.807, 2.05) is 14.0 Å². The van der Waals surface area contributed by atoms with Gasteiger partial charge in [0.15, 0.2) is 5.96 Å². The zero-order valence-electron chi connectivity index (χ0n) is 17.9. The van der Waals surface area contributed by atoms with Crippen molar-refractivity contribution in [2.75, 3.05) is 52.9 Å². The molecule has 2 aliphatic heterocycles. The van der Waals surface area contributed by atoms with E-state index >= 15 is 0 Å². The number of ether oxygens (including phenoxy) is 1. The molecule has 0 bridgehead atoms. The minimum atomic E-state index is -0.151. The van der Waals surface area contributed by atoms with Crippen molar-refractivity contribution in [2.45, 2.75) is 45.4 Å². The first-order valence-corrected chi connectivity index (χ1v) is 10.7. The number of esters is 1. The zero-order valence-corrected chi connectivity index (χ0v) is 20.2. The van der Waals surface area contributed by atoms with Crippen LogP contribution in [0, 0.1) is 11.8 Å². The highest BCUT2D eigenvalue weighted by molar-refractivity contribution is 14.0. The van der Waals surface area contributed by atoms with Gasteiger partial charge in [0.25, 0.3) is 0 Å². The van der Waals surface area contributed by atoms with Crippen molar-refractivity contribution in [3.8, 4) is 0 Å². The fourth-order valence-corrected chi connectivity index (χ4v) is 4.02. The fraction of sp³-hybridized carbons (Fsp3) is 0.850. The van der Waals surface area contributed by atoms with E-state index in [-0.39, 0.29) is 47.7 Å². The van der Waals surface area contributed by atoms with Crippen molar-refractivity contribution in [1.82, 2.24) is 15.1 Å². The Labute approximate surface area is 192 Å². The number of hydrogen-bond acceptors (Lipinski definition) is 5. The number of rotatable bonds is 8. The average molecular weight is 523 g/mol. The van der Waals surface area contributed by atoms with Gasteiger partial charge in [0.1, 0.15) is 0 Å². The number of primary amides is 1. The van der Waals surface area contributed by atoms with Gasteiger partial charge in [0.05, 0.1) is 12.5 Å². The van der Waals surface area contributed by atoms with Gasteiger partial charge in [-0.1, -0.05) is 0 Å². The van der Waals surface area contributed by atoms with Gasteiger partial charge in [-0.3, -0.25) is 14.6 Å². The summed E-state index contributed by atoms with van der Waals surface area (Å²) in [5, 5.41) is 3.45. The van der Waals surface area contributed by atoms with Crippen LogP contribution in [0.5, 0.6) is 0 Å². The lowest BCUT2D eigenvalue weighted by atomic mass is 9.96. The first kappa shape index (κ1) is 25.9. The number of guanidine groups is 1. The summed E-state index contributed by atoms with van der Waals surface area (Å²) in [7, 11) is 1.81. The van der Waals surface area contributed by atoms with E-state index in [1.165, 1.54) is 0 Å². The van der Waals surface area contributed by atoms with Crippen LogP contribution in [-0.2, 0) is 14.3 Å². The molecule has 2 rings (SSSR count). The third-order valence-electron chi connectivity index (χ3n) is 5.80. The molecule has 29 heavy (non-hydrogen) atoms. The lowest BCUT2D eigenvalue weighted by Crippen LogP contribution is -2.47. The number of carbonyl (C=O) groups is 2. The summed E-state index contributed by atoms with van der Waals surface area (Å²) in [6, 6.07) is 0. The third kappa shape index (κ3) is 8.65.